The molecule has 5 rings (SSSR count). The second-order valence-corrected chi connectivity index (χ2v) is 9.93. The second-order valence-electron chi connectivity index (χ2n) is 9.93. The van der Waals surface area contributed by atoms with Crippen molar-refractivity contribution in [1.29, 1.82) is 0 Å². The fourth-order valence-electron chi connectivity index (χ4n) is 8.39. The molecule has 0 radical (unpaired) electrons. The van der Waals surface area contributed by atoms with E-state index in [1.165, 1.54) is 51.4 Å². The third kappa shape index (κ3) is 1.62. The van der Waals surface area contributed by atoms with Crippen LogP contribution in [0.3, 0.4) is 0 Å². The number of carbonyl (C=O) groups is 1. The summed E-state index contributed by atoms with van der Waals surface area (Å²) in [6.45, 7) is 5.43. The van der Waals surface area contributed by atoms with Crippen LogP contribution in [0.2, 0.25) is 0 Å². The van der Waals surface area contributed by atoms with Gasteiger partial charge in [0, 0.05) is 11.3 Å². The van der Waals surface area contributed by atoms with Crippen LogP contribution in [0.25, 0.3) is 0 Å². The number of hydrogen-bond donors (Lipinski definition) is 0. The van der Waals surface area contributed by atoms with E-state index in [-0.39, 0.29) is 11.0 Å². The first-order chi connectivity index (χ1) is 11.0. The molecule has 4 aliphatic carbocycles. The molecule has 5 aliphatic rings. The van der Waals surface area contributed by atoms with Crippen molar-refractivity contribution in [1.82, 2.24) is 0 Å². The first kappa shape index (κ1) is 14.9. The third-order valence-corrected chi connectivity index (χ3v) is 9.58. The molecule has 2 bridgehead atoms. The molecular formula is C21H32O2. The highest BCUT2D eigenvalue weighted by molar-refractivity contribution is 5.85. The van der Waals surface area contributed by atoms with E-state index in [1.807, 2.05) is 0 Å². The number of ketones is 1. The molecular weight excluding hydrogens is 284 g/mol. The first-order valence-corrected chi connectivity index (χ1v) is 10.2. The van der Waals surface area contributed by atoms with Gasteiger partial charge >= 0.3 is 0 Å². The molecule has 1 saturated heterocycles. The summed E-state index contributed by atoms with van der Waals surface area (Å²) in [5.74, 6) is 3.23. The van der Waals surface area contributed by atoms with E-state index >= 15 is 0 Å². The fraction of sp³-hybridized carbons (Fsp3) is 0.952. The fourth-order valence-corrected chi connectivity index (χ4v) is 8.39. The number of rotatable bonds is 0. The van der Waals surface area contributed by atoms with Crippen molar-refractivity contribution >= 4 is 5.78 Å². The lowest BCUT2D eigenvalue weighted by Gasteiger charge is -2.65. The Morgan fingerprint density at radius 1 is 0.913 bits per heavy atom. The summed E-state index contributed by atoms with van der Waals surface area (Å²) in [5, 5.41) is 0. The van der Waals surface area contributed by atoms with Crippen LogP contribution in [-0.2, 0) is 9.53 Å². The van der Waals surface area contributed by atoms with Crippen molar-refractivity contribution in [2.45, 2.75) is 83.7 Å². The van der Waals surface area contributed by atoms with E-state index in [2.05, 4.69) is 13.8 Å². The Kier molecular flexibility index (Phi) is 3.00. The Hall–Kier alpha value is -0.370. The van der Waals surface area contributed by atoms with Crippen LogP contribution in [0.15, 0.2) is 0 Å². The SMILES string of the molecule is C[C@]12CCCCC1CC[C@@H]1[C@@H]2CC[C@]2(C)[C@@H]3CC[C@]12OCC3=O. The van der Waals surface area contributed by atoms with Crippen LogP contribution >= 0.6 is 0 Å². The summed E-state index contributed by atoms with van der Waals surface area (Å²) >= 11 is 0. The van der Waals surface area contributed by atoms with Gasteiger partial charge in [0.25, 0.3) is 0 Å². The van der Waals surface area contributed by atoms with Gasteiger partial charge in [-0.15, -0.1) is 0 Å². The standard InChI is InChI=1S/C21H32O2/c1-19-10-4-3-5-14(19)6-7-16-15(19)8-11-20(2)17-9-12-21(16,20)23-13-18(17)22/h14-17H,3-13H2,1-2H3/t14?,15-,16+,17+,19-,20+,21-/m0/s1. The van der Waals surface area contributed by atoms with Crippen LogP contribution in [0, 0.1) is 34.5 Å². The van der Waals surface area contributed by atoms with Gasteiger partial charge in [-0.05, 0) is 74.5 Å². The predicted molar refractivity (Wildman–Crippen MR) is 90.0 cm³/mol. The van der Waals surface area contributed by atoms with Gasteiger partial charge in [0.15, 0.2) is 5.78 Å². The summed E-state index contributed by atoms with van der Waals surface area (Å²) in [7, 11) is 0. The monoisotopic (exact) mass is 316 g/mol. The van der Waals surface area contributed by atoms with Crippen molar-refractivity contribution in [2.24, 2.45) is 34.5 Å². The van der Waals surface area contributed by atoms with Gasteiger partial charge in [0.2, 0.25) is 0 Å². The normalized spacial score (nSPS) is 58.3. The van der Waals surface area contributed by atoms with Crippen molar-refractivity contribution < 1.29 is 9.53 Å². The average molecular weight is 316 g/mol. The third-order valence-electron chi connectivity index (χ3n) is 9.58. The minimum atomic E-state index is 0.0416. The number of ether oxygens (including phenoxy) is 1. The van der Waals surface area contributed by atoms with Crippen LogP contribution in [0.5, 0.6) is 0 Å². The van der Waals surface area contributed by atoms with E-state index in [9.17, 15) is 4.79 Å². The Morgan fingerprint density at radius 3 is 2.65 bits per heavy atom. The number of fused-ring (bicyclic) bond motifs is 3. The molecule has 128 valence electrons. The van der Waals surface area contributed by atoms with E-state index in [0.29, 0.717) is 23.7 Å². The molecule has 1 heterocycles. The molecule has 0 spiro atoms. The Labute approximate surface area is 140 Å². The zero-order valence-electron chi connectivity index (χ0n) is 14.9. The van der Waals surface area contributed by atoms with Gasteiger partial charge in [-0.1, -0.05) is 26.7 Å². The molecule has 23 heavy (non-hydrogen) atoms. The maximum atomic E-state index is 12.4. The Bertz CT molecular complexity index is 542. The zero-order valence-corrected chi connectivity index (χ0v) is 14.9. The first-order valence-electron chi connectivity index (χ1n) is 10.2. The lowest BCUT2D eigenvalue weighted by atomic mass is 9.43. The zero-order chi connectivity index (χ0) is 15.9. The smallest absolute Gasteiger partial charge is 0.162 e. The maximum Gasteiger partial charge on any atom is 0.162 e. The molecule has 2 nitrogen and oxygen atoms in total. The molecule has 0 N–H and O–H groups in total. The molecule has 1 aliphatic heterocycles. The van der Waals surface area contributed by atoms with E-state index in [0.717, 1.165) is 30.6 Å². The van der Waals surface area contributed by atoms with E-state index < -0.39 is 0 Å². The molecule has 0 aromatic carbocycles. The highest BCUT2D eigenvalue weighted by Crippen LogP contribution is 2.71. The Morgan fingerprint density at radius 2 is 1.78 bits per heavy atom. The highest BCUT2D eigenvalue weighted by Gasteiger charge is 2.70. The van der Waals surface area contributed by atoms with Crippen molar-refractivity contribution in [3.05, 3.63) is 0 Å². The van der Waals surface area contributed by atoms with Crippen molar-refractivity contribution in [3.8, 4) is 0 Å². The van der Waals surface area contributed by atoms with Gasteiger partial charge in [-0.3, -0.25) is 4.79 Å². The second kappa shape index (κ2) is 4.62. The summed E-state index contributed by atoms with van der Waals surface area (Å²) in [4.78, 5) is 12.4. The van der Waals surface area contributed by atoms with E-state index in [1.54, 1.807) is 0 Å². The molecule has 0 aromatic heterocycles. The number of hydrogen-bond acceptors (Lipinski definition) is 2. The maximum absolute atomic E-state index is 12.4. The minimum Gasteiger partial charge on any atom is -0.366 e. The quantitative estimate of drug-likeness (QED) is 0.644. The lowest BCUT2D eigenvalue weighted by Crippen LogP contribution is -2.65. The molecule has 0 amide bonds. The number of Topliss-reactive ketones (excluding diaryl/α,β-unsaturated/α-hetero) is 1. The minimum absolute atomic E-state index is 0.0416. The largest absolute Gasteiger partial charge is 0.366 e. The predicted octanol–water partition coefficient (Wildman–Crippen LogP) is 4.76. The van der Waals surface area contributed by atoms with Gasteiger partial charge in [-0.2, -0.15) is 0 Å². The molecule has 0 aromatic rings. The topological polar surface area (TPSA) is 26.3 Å². The average Bonchev–Trinajstić information content (AvgIpc) is 2.73. The van der Waals surface area contributed by atoms with Crippen LogP contribution in [-0.4, -0.2) is 18.0 Å². The molecule has 2 heteroatoms. The molecule has 7 atom stereocenters. The summed E-state index contributed by atoms with van der Waals surface area (Å²) in [5.41, 5.74) is 0.738. The lowest BCUT2D eigenvalue weighted by molar-refractivity contribution is -0.243. The van der Waals surface area contributed by atoms with Crippen molar-refractivity contribution in [2.75, 3.05) is 6.61 Å². The van der Waals surface area contributed by atoms with Crippen molar-refractivity contribution in [3.63, 3.8) is 0 Å². The van der Waals surface area contributed by atoms with Gasteiger partial charge in [0.05, 0.1) is 5.60 Å². The number of carbonyl (C=O) groups excluding carboxylic acids is 1. The summed E-state index contributed by atoms with van der Waals surface area (Å²) < 4.78 is 6.52. The van der Waals surface area contributed by atoms with Crippen LogP contribution < -0.4 is 0 Å². The van der Waals surface area contributed by atoms with Gasteiger partial charge in [-0.25, -0.2) is 0 Å². The van der Waals surface area contributed by atoms with Gasteiger partial charge < -0.3 is 4.74 Å². The highest BCUT2D eigenvalue weighted by atomic mass is 16.5. The Balaban J connectivity index is 1.56. The van der Waals surface area contributed by atoms with Crippen LogP contribution in [0.1, 0.15) is 78.1 Å². The summed E-state index contributed by atoms with van der Waals surface area (Å²) in [6, 6.07) is 0. The summed E-state index contributed by atoms with van der Waals surface area (Å²) in [6.07, 6.45) is 13.4. The molecule has 4 saturated carbocycles. The van der Waals surface area contributed by atoms with Crippen LogP contribution in [0.4, 0.5) is 0 Å². The molecule has 5 fully saturated rings. The van der Waals surface area contributed by atoms with E-state index in [4.69, 9.17) is 4.74 Å². The molecule has 1 unspecified atom stereocenters. The van der Waals surface area contributed by atoms with Gasteiger partial charge in [0.1, 0.15) is 6.61 Å².